The molecule has 2 heterocycles. The molecule has 1 aromatic rings. The number of para-hydroxylation sites is 1. The molecule has 116 valence electrons. The van der Waals surface area contributed by atoms with Gasteiger partial charge in [0, 0.05) is 24.8 Å². The van der Waals surface area contributed by atoms with Gasteiger partial charge in [0.2, 0.25) is 0 Å². The topological polar surface area (TPSA) is 18.5 Å². The summed E-state index contributed by atoms with van der Waals surface area (Å²) in [5.74, 6) is 0.886. The lowest BCUT2D eigenvalue weighted by Crippen LogP contribution is -2.42. The van der Waals surface area contributed by atoms with Crippen LogP contribution in [0.4, 0.5) is 5.69 Å². The molecular weight excluding hydrogens is 258 g/mol. The smallest absolute Gasteiger partial charge is 0.0373 e. The summed E-state index contributed by atoms with van der Waals surface area (Å²) in [5.41, 5.74) is 2.82. The van der Waals surface area contributed by atoms with Crippen LogP contribution in [-0.4, -0.2) is 56.1 Å². The van der Waals surface area contributed by atoms with Crippen molar-refractivity contribution in [1.82, 2.24) is 9.80 Å². The number of aryl methyl sites for hydroxylation is 1. The van der Waals surface area contributed by atoms with Gasteiger partial charge in [-0.05, 0) is 70.4 Å². The van der Waals surface area contributed by atoms with Crippen LogP contribution in [0, 0.1) is 5.92 Å². The highest BCUT2D eigenvalue weighted by molar-refractivity contribution is 5.52. The van der Waals surface area contributed by atoms with E-state index in [2.05, 4.69) is 53.5 Å². The fourth-order valence-corrected chi connectivity index (χ4v) is 3.74. The van der Waals surface area contributed by atoms with Crippen molar-refractivity contribution >= 4 is 5.69 Å². The van der Waals surface area contributed by atoms with Crippen LogP contribution in [0.2, 0.25) is 0 Å². The summed E-state index contributed by atoms with van der Waals surface area (Å²) in [6, 6.07) is 9.44. The summed E-state index contributed by atoms with van der Waals surface area (Å²) in [4.78, 5) is 5.06. The number of benzene rings is 1. The van der Waals surface area contributed by atoms with Gasteiger partial charge in [-0.3, -0.25) is 0 Å². The van der Waals surface area contributed by atoms with Crippen LogP contribution >= 0.6 is 0 Å². The van der Waals surface area contributed by atoms with Crippen molar-refractivity contribution in [2.24, 2.45) is 5.92 Å². The van der Waals surface area contributed by atoms with Crippen molar-refractivity contribution in [1.29, 1.82) is 0 Å². The molecule has 1 atom stereocenters. The molecule has 0 aromatic heterocycles. The number of likely N-dealkylation sites (N-methyl/N-ethyl adjacent to an activating group) is 1. The van der Waals surface area contributed by atoms with E-state index in [-0.39, 0.29) is 0 Å². The fraction of sp³-hybridized carbons (Fsp3) is 0.667. The minimum Gasteiger partial charge on any atom is -0.383 e. The summed E-state index contributed by atoms with van der Waals surface area (Å²) in [5, 5.41) is 3.65. The normalized spacial score (nSPS) is 24.4. The van der Waals surface area contributed by atoms with E-state index >= 15 is 0 Å². The van der Waals surface area contributed by atoms with Gasteiger partial charge in [-0.1, -0.05) is 18.2 Å². The Hall–Kier alpha value is -1.06. The molecule has 1 N–H and O–H groups in total. The van der Waals surface area contributed by atoms with Gasteiger partial charge >= 0.3 is 0 Å². The van der Waals surface area contributed by atoms with E-state index in [0.717, 1.165) is 12.5 Å². The highest BCUT2D eigenvalue weighted by atomic mass is 15.2. The minimum absolute atomic E-state index is 0.664. The van der Waals surface area contributed by atoms with Gasteiger partial charge in [0.25, 0.3) is 0 Å². The molecule has 1 unspecified atom stereocenters. The quantitative estimate of drug-likeness (QED) is 0.922. The Labute approximate surface area is 129 Å². The van der Waals surface area contributed by atoms with Crippen LogP contribution in [0.1, 0.15) is 24.8 Å². The zero-order chi connectivity index (χ0) is 14.7. The largest absolute Gasteiger partial charge is 0.383 e. The Morgan fingerprint density at radius 2 is 1.95 bits per heavy atom. The molecule has 0 bridgehead atoms. The third kappa shape index (κ3) is 3.78. The third-order valence-electron chi connectivity index (χ3n) is 5.30. The van der Waals surface area contributed by atoms with Crippen molar-refractivity contribution in [3.8, 4) is 0 Å². The Kier molecular flexibility index (Phi) is 4.81. The first-order valence-electron chi connectivity index (χ1n) is 8.43. The van der Waals surface area contributed by atoms with Gasteiger partial charge in [-0.25, -0.2) is 0 Å². The summed E-state index contributed by atoms with van der Waals surface area (Å²) in [6.07, 6.45) is 5.20. The van der Waals surface area contributed by atoms with Gasteiger partial charge in [0.05, 0.1) is 0 Å². The fourth-order valence-electron chi connectivity index (χ4n) is 3.74. The summed E-state index contributed by atoms with van der Waals surface area (Å²) < 4.78 is 0. The molecule has 0 amide bonds. The van der Waals surface area contributed by atoms with E-state index in [9.17, 15) is 0 Å². The summed E-state index contributed by atoms with van der Waals surface area (Å²) >= 11 is 0. The minimum atomic E-state index is 0.664. The lowest BCUT2D eigenvalue weighted by atomic mass is 9.95. The average molecular weight is 287 g/mol. The molecule has 0 radical (unpaired) electrons. The van der Waals surface area contributed by atoms with Gasteiger partial charge in [-0.2, -0.15) is 0 Å². The molecule has 21 heavy (non-hydrogen) atoms. The van der Waals surface area contributed by atoms with E-state index in [1.165, 1.54) is 56.6 Å². The van der Waals surface area contributed by atoms with Crippen molar-refractivity contribution < 1.29 is 0 Å². The average Bonchev–Trinajstić information content (AvgIpc) is 2.72. The number of anilines is 1. The Morgan fingerprint density at radius 1 is 1.19 bits per heavy atom. The number of hydrogen-bond acceptors (Lipinski definition) is 3. The van der Waals surface area contributed by atoms with E-state index < -0.39 is 0 Å². The number of likely N-dealkylation sites (tertiary alicyclic amines) is 1. The second-order valence-electron chi connectivity index (χ2n) is 6.92. The number of hydrogen-bond donors (Lipinski definition) is 1. The van der Waals surface area contributed by atoms with Gasteiger partial charge in [0.1, 0.15) is 0 Å². The van der Waals surface area contributed by atoms with E-state index in [4.69, 9.17) is 0 Å². The number of piperidine rings is 1. The maximum atomic E-state index is 3.65. The zero-order valence-corrected chi connectivity index (χ0v) is 13.5. The number of nitrogens with one attached hydrogen (secondary N) is 1. The first-order valence-corrected chi connectivity index (χ1v) is 8.43. The monoisotopic (exact) mass is 287 g/mol. The second kappa shape index (κ2) is 6.80. The van der Waals surface area contributed by atoms with Crippen molar-refractivity contribution in [3.63, 3.8) is 0 Å². The molecule has 1 aromatic carbocycles. The van der Waals surface area contributed by atoms with E-state index in [1.807, 2.05) is 0 Å². The Balaban J connectivity index is 1.53. The molecular formula is C18H29N3. The van der Waals surface area contributed by atoms with Crippen LogP contribution < -0.4 is 5.32 Å². The molecule has 3 heteroatoms. The predicted octanol–water partition coefficient (Wildman–Crippen LogP) is 2.69. The van der Waals surface area contributed by atoms with E-state index in [0.29, 0.717) is 6.04 Å². The lowest BCUT2D eigenvalue weighted by molar-refractivity contribution is 0.150. The molecule has 0 aliphatic carbocycles. The highest BCUT2D eigenvalue weighted by Gasteiger charge is 2.23. The number of nitrogens with zero attached hydrogens (tertiary/aromatic N) is 2. The van der Waals surface area contributed by atoms with E-state index in [1.54, 1.807) is 0 Å². The molecule has 1 fully saturated rings. The first kappa shape index (κ1) is 14.9. The van der Waals surface area contributed by atoms with Crippen LogP contribution in [0.25, 0.3) is 0 Å². The zero-order valence-electron chi connectivity index (χ0n) is 13.5. The van der Waals surface area contributed by atoms with Crippen molar-refractivity contribution in [2.45, 2.75) is 31.7 Å². The van der Waals surface area contributed by atoms with Gasteiger partial charge < -0.3 is 15.1 Å². The van der Waals surface area contributed by atoms with Crippen molar-refractivity contribution in [3.05, 3.63) is 29.8 Å². The number of rotatable bonds is 3. The molecule has 2 aliphatic rings. The van der Waals surface area contributed by atoms with Gasteiger partial charge in [0.15, 0.2) is 0 Å². The Bertz CT molecular complexity index is 425. The molecule has 0 saturated carbocycles. The Morgan fingerprint density at radius 3 is 2.76 bits per heavy atom. The molecule has 0 spiro atoms. The third-order valence-corrected chi connectivity index (χ3v) is 5.30. The molecule has 3 nitrogen and oxygen atoms in total. The first-order chi connectivity index (χ1) is 10.2. The standard InChI is InChI=1S/C18H29N3/c1-20-11-9-15(10-12-20)14-21(2)17-8-7-16-5-3-4-6-18(16)19-13-17/h3-6,15,17,19H,7-14H2,1-2H3. The molecule has 3 rings (SSSR count). The predicted molar refractivity (Wildman–Crippen MR) is 89.9 cm³/mol. The summed E-state index contributed by atoms with van der Waals surface area (Å²) in [7, 11) is 4.56. The van der Waals surface area contributed by atoms with Crippen LogP contribution in [0.5, 0.6) is 0 Å². The van der Waals surface area contributed by atoms with Crippen LogP contribution in [0.15, 0.2) is 24.3 Å². The maximum Gasteiger partial charge on any atom is 0.0373 e. The SMILES string of the molecule is CN1CCC(CN(C)C2CCc3ccccc3NC2)CC1. The molecule has 2 aliphatic heterocycles. The molecule has 1 saturated heterocycles. The maximum absolute atomic E-state index is 3.65. The van der Waals surface area contributed by atoms with Crippen LogP contribution in [-0.2, 0) is 6.42 Å². The summed E-state index contributed by atoms with van der Waals surface area (Å²) in [6.45, 7) is 4.89. The van der Waals surface area contributed by atoms with Crippen molar-refractivity contribution in [2.75, 3.05) is 45.6 Å². The second-order valence-corrected chi connectivity index (χ2v) is 6.92. The highest BCUT2D eigenvalue weighted by Crippen LogP contribution is 2.24. The number of fused-ring (bicyclic) bond motifs is 1. The van der Waals surface area contributed by atoms with Crippen LogP contribution in [0.3, 0.4) is 0 Å². The van der Waals surface area contributed by atoms with Gasteiger partial charge in [-0.15, -0.1) is 0 Å². The lowest BCUT2D eigenvalue weighted by Gasteiger charge is -2.34.